The van der Waals surface area contributed by atoms with Crippen LogP contribution in [0.2, 0.25) is 0 Å². The molecule has 4 heteroatoms. The van der Waals surface area contributed by atoms with Crippen molar-refractivity contribution in [1.82, 2.24) is 0 Å². The second kappa shape index (κ2) is 4.93. The topological polar surface area (TPSA) is 26.3 Å². The van der Waals surface area contributed by atoms with Crippen molar-refractivity contribution in [2.45, 2.75) is 13.3 Å². The summed E-state index contributed by atoms with van der Waals surface area (Å²) in [6, 6.07) is 0. The highest BCUT2D eigenvalue weighted by Crippen LogP contribution is 2.26. The summed E-state index contributed by atoms with van der Waals surface area (Å²) in [5, 5.41) is 0. The van der Waals surface area contributed by atoms with E-state index in [1.54, 1.807) is 0 Å². The van der Waals surface area contributed by atoms with Crippen molar-refractivity contribution in [1.29, 1.82) is 0 Å². The molecule has 0 atom stereocenters. The summed E-state index contributed by atoms with van der Waals surface area (Å²) >= 11 is 8.21. The minimum absolute atomic E-state index is 0.218. The fourth-order valence-electron chi connectivity index (χ4n) is 0.764. The van der Waals surface area contributed by atoms with Crippen LogP contribution < -0.4 is 0 Å². The van der Waals surface area contributed by atoms with E-state index in [4.69, 9.17) is 0 Å². The van der Waals surface area contributed by atoms with Crippen molar-refractivity contribution in [2.75, 3.05) is 18.6 Å². The molecule has 0 aliphatic rings. The fraction of sp³-hybridized carbons (Fsp3) is 0.857. The third-order valence-corrected chi connectivity index (χ3v) is 3.11. The predicted octanol–water partition coefficient (Wildman–Crippen LogP) is 1.42. The van der Waals surface area contributed by atoms with Crippen molar-refractivity contribution in [3.05, 3.63) is 0 Å². The first-order chi connectivity index (χ1) is 5.16. The van der Waals surface area contributed by atoms with Gasteiger partial charge in [-0.2, -0.15) is 25.3 Å². The normalized spacial score (nSPS) is 11.3. The Morgan fingerprint density at radius 3 is 2.00 bits per heavy atom. The number of hydrogen-bond donors (Lipinski definition) is 2. The minimum atomic E-state index is -0.499. The van der Waals surface area contributed by atoms with Crippen molar-refractivity contribution >= 4 is 31.2 Å². The Hall–Kier alpha value is 0.170. The maximum Gasteiger partial charge on any atom is 0.313 e. The number of ether oxygens (including phenoxy) is 1. The van der Waals surface area contributed by atoms with Gasteiger partial charge in [0.15, 0.2) is 0 Å². The van der Waals surface area contributed by atoms with Crippen LogP contribution in [0.3, 0.4) is 0 Å². The van der Waals surface area contributed by atoms with Crippen molar-refractivity contribution in [3.63, 3.8) is 0 Å². The first kappa shape index (κ1) is 11.2. The molecule has 0 aromatic heterocycles. The molecule has 2 nitrogen and oxygen atoms in total. The predicted molar refractivity (Wildman–Crippen MR) is 52.4 cm³/mol. The van der Waals surface area contributed by atoms with Gasteiger partial charge in [0, 0.05) is 11.5 Å². The van der Waals surface area contributed by atoms with Crippen LogP contribution in [0.1, 0.15) is 13.3 Å². The van der Waals surface area contributed by atoms with E-state index in [1.165, 1.54) is 7.11 Å². The van der Waals surface area contributed by atoms with Gasteiger partial charge in [0.05, 0.1) is 12.5 Å². The van der Waals surface area contributed by atoms with E-state index in [9.17, 15) is 4.79 Å². The SMILES string of the molecule is CCC(CS)(CS)C(=O)OC. The van der Waals surface area contributed by atoms with E-state index >= 15 is 0 Å². The number of carbonyl (C=O) groups excluding carboxylic acids is 1. The first-order valence-corrected chi connectivity index (χ1v) is 4.73. The van der Waals surface area contributed by atoms with Crippen LogP contribution in [0.15, 0.2) is 0 Å². The van der Waals surface area contributed by atoms with Gasteiger partial charge in [-0.05, 0) is 6.42 Å². The number of hydrogen-bond acceptors (Lipinski definition) is 4. The standard InChI is InChI=1S/C7H14O2S2/c1-3-7(4-10,5-11)6(8)9-2/h10-11H,3-5H2,1-2H3. The van der Waals surface area contributed by atoms with Gasteiger partial charge in [0.25, 0.3) is 0 Å². The molecule has 0 heterocycles. The van der Waals surface area contributed by atoms with Gasteiger partial charge in [-0.3, -0.25) is 4.79 Å². The molecule has 0 fully saturated rings. The molecule has 0 radical (unpaired) electrons. The van der Waals surface area contributed by atoms with Crippen molar-refractivity contribution in [2.24, 2.45) is 5.41 Å². The molecule has 0 bridgehead atoms. The third-order valence-electron chi connectivity index (χ3n) is 1.90. The second-order valence-corrected chi connectivity index (χ2v) is 3.07. The van der Waals surface area contributed by atoms with Crippen molar-refractivity contribution in [3.8, 4) is 0 Å². The maximum absolute atomic E-state index is 11.2. The molecule has 0 unspecified atom stereocenters. The highest BCUT2D eigenvalue weighted by molar-refractivity contribution is 7.81. The van der Waals surface area contributed by atoms with Gasteiger partial charge in [0.2, 0.25) is 0 Å². The molecule has 0 saturated heterocycles. The Morgan fingerprint density at radius 2 is 1.91 bits per heavy atom. The quantitative estimate of drug-likeness (QED) is 0.523. The summed E-state index contributed by atoms with van der Waals surface area (Å²) in [5.41, 5.74) is -0.499. The fourth-order valence-corrected chi connectivity index (χ4v) is 1.87. The highest BCUT2D eigenvalue weighted by Gasteiger charge is 2.34. The molecule has 11 heavy (non-hydrogen) atoms. The third kappa shape index (κ3) is 2.30. The smallest absolute Gasteiger partial charge is 0.313 e. The Morgan fingerprint density at radius 1 is 1.45 bits per heavy atom. The van der Waals surface area contributed by atoms with Gasteiger partial charge >= 0.3 is 5.97 Å². The Bertz CT molecular complexity index is 124. The summed E-state index contributed by atoms with van der Waals surface area (Å²) in [4.78, 5) is 11.2. The first-order valence-electron chi connectivity index (χ1n) is 3.47. The van der Waals surface area contributed by atoms with Crippen LogP contribution in [0.4, 0.5) is 0 Å². The molecule has 0 spiro atoms. The molecule has 0 N–H and O–H groups in total. The summed E-state index contributed by atoms with van der Waals surface area (Å²) in [6.07, 6.45) is 0.715. The zero-order valence-electron chi connectivity index (χ0n) is 6.83. The summed E-state index contributed by atoms with van der Waals surface area (Å²) in [7, 11) is 1.39. The monoisotopic (exact) mass is 194 g/mol. The average molecular weight is 194 g/mol. The molecule has 0 aliphatic heterocycles. The van der Waals surface area contributed by atoms with E-state index in [0.717, 1.165) is 0 Å². The average Bonchev–Trinajstić information content (AvgIpc) is 2.08. The molecule has 0 rings (SSSR count). The molecule has 0 aliphatic carbocycles. The number of thiol groups is 2. The number of rotatable bonds is 4. The van der Waals surface area contributed by atoms with E-state index < -0.39 is 5.41 Å². The molecule has 0 aromatic rings. The lowest BCUT2D eigenvalue weighted by atomic mass is 9.90. The lowest BCUT2D eigenvalue weighted by Crippen LogP contribution is -2.35. The second-order valence-electron chi connectivity index (χ2n) is 2.44. The molecular weight excluding hydrogens is 180 g/mol. The highest BCUT2D eigenvalue weighted by atomic mass is 32.1. The van der Waals surface area contributed by atoms with E-state index in [0.29, 0.717) is 17.9 Å². The van der Waals surface area contributed by atoms with Crippen molar-refractivity contribution < 1.29 is 9.53 Å². The van der Waals surface area contributed by atoms with Crippen LogP contribution >= 0.6 is 25.3 Å². The van der Waals surface area contributed by atoms with Gasteiger partial charge in [0.1, 0.15) is 0 Å². The van der Waals surface area contributed by atoms with Crippen LogP contribution in [-0.4, -0.2) is 24.6 Å². The Kier molecular flexibility index (Phi) is 5.01. The van der Waals surface area contributed by atoms with E-state index in [1.807, 2.05) is 6.92 Å². The number of methoxy groups -OCH3 is 1. The molecule has 0 saturated carbocycles. The van der Waals surface area contributed by atoms with Crippen LogP contribution in [-0.2, 0) is 9.53 Å². The van der Waals surface area contributed by atoms with Gasteiger partial charge < -0.3 is 4.74 Å². The minimum Gasteiger partial charge on any atom is -0.469 e. The van der Waals surface area contributed by atoms with Gasteiger partial charge in [-0.15, -0.1) is 0 Å². The van der Waals surface area contributed by atoms with E-state index in [2.05, 4.69) is 30.0 Å². The van der Waals surface area contributed by atoms with Gasteiger partial charge in [-0.1, -0.05) is 6.92 Å². The Labute approximate surface area is 78.5 Å². The largest absolute Gasteiger partial charge is 0.469 e. The summed E-state index contributed by atoms with van der Waals surface area (Å²) in [5.74, 6) is 0.754. The van der Waals surface area contributed by atoms with Gasteiger partial charge in [-0.25, -0.2) is 0 Å². The van der Waals surface area contributed by atoms with Crippen LogP contribution in [0.5, 0.6) is 0 Å². The lowest BCUT2D eigenvalue weighted by molar-refractivity contribution is -0.150. The number of carbonyl (C=O) groups is 1. The number of esters is 1. The summed E-state index contributed by atoms with van der Waals surface area (Å²) in [6.45, 7) is 1.93. The summed E-state index contributed by atoms with van der Waals surface area (Å²) < 4.78 is 4.65. The lowest BCUT2D eigenvalue weighted by Gasteiger charge is -2.25. The Balaban J connectivity index is 4.39. The zero-order chi connectivity index (χ0) is 8.91. The molecule has 0 amide bonds. The maximum atomic E-state index is 11.2. The molecule has 0 aromatic carbocycles. The molecular formula is C7H14O2S2. The van der Waals surface area contributed by atoms with Crippen LogP contribution in [0, 0.1) is 5.41 Å². The molecule has 66 valence electrons. The van der Waals surface area contributed by atoms with Crippen LogP contribution in [0.25, 0.3) is 0 Å². The zero-order valence-corrected chi connectivity index (χ0v) is 8.62. The van der Waals surface area contributed by atoms with E-state index in [-0.39, 0.29) is 5.97 Å².